The fraction of sp³-hybridized carbons (Fsp3) is 0.458. The van der Waals surface area contributed by atoms with Crippen LogP contribution in [0.4, 0.5) is 13.2 Å². The molecule has 0 bridgehead atoms. The Bertz CT molecular complexity index is 950. The number of piperazine rings is 1. The number of rotatable bonds is 4. The number of alkyl halides is 3. The van der Waals surface area contributed by atoms with Crippen LogP contribution in [0.2, 0.25) is 0 Å². The smallest absolute Gasteiger partial charge is 0.340 e. The van der Waals surface area contributed by atoms with Crippen LogP contribution in [0.15, 0.2) is 48.7 Å². The van der Waals surface area contributed by atoms with Crippen molar-refractivity contribution in [3.8, 4) is 0 Å². The van der Waals surface area contributed by atoms with Crippen LogP contribution in [0, 0.1) is 5.92 Å². The molecule has 0 unspecified atom stereocenters. The van der Waals surface area contributed by atoms with Crippen molar-refractivity contribution in [1.82, 2.24) is 19.7 Å². The minimum absolute atomic E-state index is 0.121. The number of likely N-dealkylation sites (tertiary alicyclic amines) is 1. The molecule has 0 saturated carbocycles. The van der Waals surface area contributed by atoms with Crippen molar-refractivity contribution < 1.29 is 22.8 Å². The SMILES string of the molecule is O=C(c1ccc(C(F)(F)F)cc1)N1CCC(C(=O)N2CCN(Cc3ccccn3)CC2)CC1. The van der Waals surface area contributed by atoms with E-state index >= 15 is 0 Å². The average molecular weight is 461 g/mol. The van der Waals surface area contributed by atoms with Crippen molar-refractivity contribution in [1.29, 1.82) is 0 Å². The van der Waals surface area contributed by atoms with Crippen molar-refractivity contribution >= 4 is 11.8 Å². The molecule has 3 heterocycles. The van der Waals surface area contributed by atoms with Crippen molar-refractivity contribution in [3.05, 3.63) is 65.5 Å². The Morgan fingerprint density at radius 2 is 1.55 bits per heavy atom. The molecule has 33 heavy (non-hydrogen) atoms. The monoisotopic (exact) mass is 460 g/mol. The van der Waals surface area contributed by atoms with Gasteiger partial charge in [0.1, 0.15) is 0 Å². The zero-order chi connectivity index (χ0) is 23.4. The molecule has 1 aromatic heterocycles. The molecule has 0 atom stereocenters. The van der Waals surface area contributed by atoms with Crippen LogP contribution < -0.4 is 0 Å². The van der Waals surface area contributed by atoms with Crippen LogP contribution in [0.1, 0.15) is 34.5 Å². The van der Waals surface area contributed by atoms with Crippen molar-refractivity contribution in [2.75, 3.05) is 39.3 Å². The van der Waals surface area contributed by atoms with Gasteiger partial charge in [-0.25, -0.2) is 0 Å². The Morgan fingerprint density at radius 3 is 2.12 bits per heavy atom. The van der Waals surface area contributed by atoms with Gasteiger partial charge in [-0.1, -0.05) is 6.07 Å². The lowest BCUT2D eigenvalue weighted by Crippen LogP contribution is -2.51. The first-order valence-corrected chi connectivity index (χ1v) is 11.2. The first-order valence-electron chi connectivity index (χ1n) is 11.2. The summed E-state index contributed by atoms with van der Waals surface area (Å²) in [5, 5.41) is 0. The summed E-state index contributed by atoms with van der Waals surface area (Å²) in [5.74, 6) is -0.282. The van der Waals surface area contributed by atoms with Crippen LogP contribution in [-0.4, -0.2) is 70.8 Å². The fourth-order valence-electron chi connectivity index (χ4n) is 4.42. The van der Waals surface area contributed by atoms with Gasteiger partial charge in [0, 0.05) is 63.5 Å². The number of carbonyl (C=O) groups excluding carboxylic acids is 2. The van der Waals surface area contributed by atoms with E-state index < -0.39 is 11.7 Å². The molecule has 2 fully saturated rings. The van der Waals surface area contributed by atoms with E-state index in [0.29, 0.717) is 39.0 Å². The first kappa shape index (κ1) is 23.2. The molecule has 0 N–H and O–H groups in total. The highest BCUT2D eigenvalue weighted by Gasteiger charge is 2.33. The molecular weight excluding hydrogens is 433 g/mol. The molecule has 6 nitrogen and oxygen atoms in total. The lowest BCUT2D eigenvalue weighted by molar-refractivity contribution is -0.139. The summed E-state index contributed by atoms with van der Waals surface area (Å²) in [6, 6.07) is 10.1. The molecule has 176 valence electrons. The second-order valence-electron chi connectivity index (χ2n) is 8.56. The number of hydrogen-bond acceptors (Lipinski definition) is 4. The van der Waals surface area contributed by atoms with E-state index in [1.165, 1.54) is 12.1 Å². The highest BCUT2D eigenvalue weighted by molar-refractivity contribution is 5.94. The summed E-state index contributed by atoms with van der Waals surface area (Å²) >= 11 is 0. The summed E-state index contributed by atoms with van der Waals surface area (Å²) in [4.78, 5) is 35.8. The first-order chi connectivity index (χ1) is 15.8. The Balaban J connectivity index is 1.24. The topological polar surface area (TPSA) is 56.8 Å². The van der Waals surface area contributed by atoms with Gasteiger partial charge in [0.05, 0.1) is 11.3 Å². The van der Waals surface area contributed by atoms with Crippen LogP contribution in [0.3, 0.4) is 0 Å². The number of aromatic nitrogens is 1. The van der Waals surface area contributed by atoms with Gasteiger partial charge in [0.15, 0.2) is 0 Å². The number of pyridine rings is 1. The minimum Gasteiger partial charge on any atom is -0.340 e. The van der Waals surface area contributed by atoms with Gasteiger partial charge in [-0.15, -0.1) is 0 Å². The lowest BCUT2D eigenvalue weighted by Gasteiger charge is -2.38. The Hall–Kier alpha value is -2.94. The second kappa shape index (κ2) is 9.91. The molecule has 2 aromatic rings. The Labute approximate surface area is 191 Å². The maximum absolute atomic E-state index is 13.0. The summed E-state index contributed by atoms with van der Waals surface area (Å²) < 4.78 is 38.2. The van der Waals surface area contributed by atoms with E-state index in [2.05, 4.69) is 9.88 Å². The van der Waals surface area contributed by atoms with Gasteiger partial charge in [0.2, 0.25) is 5.91 Å². The zero-order valence-electron chi connectivity index (χ0n) is 18.3. The maximum Gasteiger partial charge on any atom is 0.416 e. The standard InChI is InChI=1S/C24H27F3N4O2/c25-24(26,27)20-6-4-18(5-7-20)22(32)30-11-8-19(9-12-30)23(33)31-15-13-29(14-16-31)17-21-3-1-2-10-28-21/h1-7,10,19H,8-9,11-17H2. The summed E-state index contributed by atoms with van der Waals surface area (Å²) in [6.45, 7) is 4.58. The molecule has 0 aliphatic carbocycles. The second-order valence-corrected chi connectivity index (χ2v) is 8.56. The number of amides is 2. The number of nitrogens with zero attached hydrogens (tertiary/aromatic N) is 4. The molecule has 0 spiro atoms. The van der Waals surface area contributed by atoms with E-state index in [-0.39, 0.29) is 23.3 Å². The lowest BCUT2D eigenvalue weighted by atomic mass is 9.94. The van der Waals surface area contributed by atoms with Crippen LogP contribution >= 0.6 is 0 Å². The number of piperidine rings is 1. The van der Waals surface area contributed by atoms with Crippen LogP contribution in [-0.2, 0) is 17.5 Å². The fourth-order valence-corrected chi connectivity index (χ4v) is 4.42. The quantitative estimate of drug-likeness (QED) is 0.703. The predicted octanol–water partition coefficient (Wildman–Crippen LogP) is 3.30. The Morgan fingerprint density at radius 1 is 0.879 bits per heavy atom. The highest BCUT2D eigenvalue weighted by atomic mass is 19.4. The van der Waals surface area contributed by atoms with E-state index in [9.17, 15) is 22.8 Å². The number of benzene rings is 1. The third-order valence-electron chi connectivity index (χ3n) is 6.39. The van der Waals surface area contributed by atoms with E-state index in [4.69, 9.17) is 0 Å². The average Bonchev–Trinajstić information content (AvgIpc) is 2.84. The molecule has 0 radical (unpaired) electrons. The van der Waals surface area contributed by atoms with E-state index in [0.717, 1.165) is 37.5 Å². The van der Waals surface area contributed by atoms with Gasteiger partial charge < -0.3 is 9.80 Å². The molecule has 1 aromatic carbocycles. The normalized spacial score (nSPS) is 18.4. The predicted molar refractivity (Wildman–Crippen MR) is 116 cm³/mol. The largest absolute Gasteiger partial charge is 0.416 e. The summed E-state index contributed by atoms with van der Waals surface area (Å²) in [5.41, 5.74) is 0.475. The number of hydrogen-bond donors (Lipinski definition) is 0. The van der Waals surface area contributed by atoms with Gasteiger partial charge in [-0.3, -0.25) is 19.5 Å². The van der Waals surface area contributed by atoms with E-state index in [1.807, 2.05) is 23.1 Å². The summed E-state index contributed by atoms with van der Waals surface area (Å²) in [7, 11) is 0. The van der Waals surface area contributed by atoms with Crippen molar-refractivity contribution in [2.45, 2.75) is 25.6 Å². The molecular formula is C24H27F3N4O2. The van der Waals surface area contributed by atoms with Crippen LogP contribution in [0.5, 0.6) is 0 Å². The maximum atomic E-state index is 13.0. The van der Waals surface area contributed by atoms with Gasteiger partial charge >= 0.3 is 6.18 Å². The number of carbonyl (C=O) groups is 2. The molecule has 9 heteroatoms. The molecule has 4 rings (SSSR count). The minimum atomic E-state index is -4.43. The van der Waals surface area contributed by atoms with Gasteiger partial charge in [-0.2, -0.15) is 13.2 Å². The summed E-state index contributed by atoms with van der Waals surface area (Å²) in [6.07, 6.45) is -1.51. The van der Waals surface area contributed by atoms with E-state index in [1.54, 1.807) is 11.1 Å². The molecule has 2 saturated heterocycles. The van der Waals surface area contributed by atoms with Crippen molar-refractivity contribution in [3.63, 3.8) is 0 Å². The van der Waals surface area contributed by atoms with Gasteiger partial charge in [0.25, 0.3) is 5.91 Å². The molecule has 2 aliphatic rings. The van der Waals surface area contributed by atoms with Crippen molar-refractivity contribution in [2.24, 2.45) is 5.92 Å². The molecule has 2 aliphatic heterocycles. The zero-order valence-corrected chi connectivity index (χ0v) is 18.3. The third kappa shape index (κ3) is 5.71. The molecule has 2 amide bonds. The Kier molecular flexibility index (Phi) is 6.97. The van der Waals surface area contributed by atoms with Gasteiger partial charge in [-0.05, 0) is 49.2 Å². The number of halogens is 3. The third-order valence-corrected chi connectivity index (χ3v) is 6.39. The highest BCUT2D eigenvalue weighted by Crippen LogP contribution is 2.29. The van der Waals surface area contributed by atoms with Crippen LogP contribution in [0.25, 0.3) is 0 Å².